The number of rotatable bonds is 4. The first-order valence-corrected chi connectivity index (χ1v) is 7.33. The van der Waals surface area contributed by atoms with E-state index in [-0.39, 0.29) is 11.8 Å². The average Bonchev–Trinajstić information content (AvgIpc) is 2.39. The van der Waals surface area contributed by atoms with Gasteiger partial charge in [0, 0.05) is 22.2 Å². The van der Waals surface area contributed by atoms with Crippen LogP contribution in [0.4, 0.5) is 0 Å². The van der Waals surface area contributed by atoms with E-state index in [2.05, 4.69) is 27.9 Å². The van der Waals surface area contributed by atoms with Crippen molar-refractivity contribution in [3.63, 3.8) is 0 Å². The molecule has 6 heteroatoms. The van der Waals surface area contributed by atoms with E-state index in [1.54, 1.807) is 37.1 Å². The standard InChI is InChI=1S/C13H16ClIN2O2/c1-4-17(3)13(19)8(2)16-12(18)10-7-9(14)5-6-11(10)15/h5-8H,4H2,1-3H3,(H,16,18). The van der Waals surface area contributed by atoms with Crippen molar-refractivity contribution >= 4 is 46.0 Å². The molecular weight excluding hydrogens is 379 g/mol. The number of likely N-dealkylation sites (N-methyl/N-ethyl adjacent to an activating group) is 1. The molecule has 0 aliphatic rings. The van der Waals surface area contributed by atoms with Crippen LogP contribution >= 0.6 is 34.2 Å². The van der Waals surface area contributed by atoms with E-state index in [0.29, 0.717) is 17.1 Å². The largest absolute Gasteiger partial charge is 0.344 e. The highest BCUT2D eigenvalue weighted by Gasteiger charge is 2.20. The lowest BCUT2D eigenvalue weighted by Crippen LogP contribution is -2.45. The number of amides is 2. The maximum absolute atomic E-state index is 12.1. The summed E-state index contributed by atoms with van der Waals surface area (Å²) >= 11 is 7.94. The number of halogens is 2. The van der Waals surface area contributed by atoms with E-state index < -0.39 is 6.04 Å². The number of hydrogen-bond donors (Lipinski definition) is 1. The lowest BCUT2D eigenvalue weighted by Gasteiger charge is -2.20. The van der Waals surface area contributed by atoms with Gasteiger partial charge in [-0.1, -0.05) is 11.6 Å². The normalized spacial score (nSPS) is 11.8. The van der Waals surface area contributed by atoms with Crippen LogP contribution in [-0.2, 0) is 4.79 Å². The third-order valence-corrected chi connectivity index (χ3v) is 3.92. The van der Waals surface area contributed by atoms with E-state index in [1.807, 2.05) is 6.92 Å². The molecule has 1 N–H and O–H groups in total. The first kappa shape index (κ1) is 16.2. The van der Waals surface area contributed by atoms with Crippen molar-refractivity contribution in [2.45, 2.75) is 19.9 Å². The van der Waals surface area contributed by atoms with Crippen molar-refractivity contribution in [3.8, 4) is 0 Å². The van der Waals surface area contributed by atoms with Gasteiger partial charge in [0.05, 0.1) is 5.56 Å². The van der Waals surface area contributed by atoms with Crippen molar-refractivity contribution in [2.24, 2.45) is 0 Å². The Morgan fingerprint density at radius 3 is 2.68 bits per heavy atom. The summed E-state index contributed by atoms with van der Waals surface area (Å²) in [6.45, 7) is 4.16. The number of carbonyl (C=O) groups is 2. The number of carbonyl (C=O) groups excluding carboxylic acids is 2. The lowest BCUT2D eigenvalue weighted by atomic mass is 10.2. The zero-order valence-corrected chi connectivity index (χ0v) is 13.9. The Bertz CT molecular complexity index is 494. The fourth-order valence-electron chi connectivity index (χ4n) is 1.49. The fraction of sp³-hybridized carbons (Fsp3) is 0.385. The molecular formula is C13H16ClIN2O2. The van der Waals surface area contributed by atoms with E-state index in [9.17, 15) is 9.59 Å². The van der Waals surface area contributed by atoms with Crippen LogP contribution in [0.3, 0.4) is 0 Å². The Morgan fingerprint density at radius 2 is 2.11 bits per heavy atom. The summed E-state index contributed by atoms with van der Waals surface area (Å²) in [6.07, 6.45) is 0. The van der Waals surface area contributed by atoms with Crippen molar-refractivity contribution < 1.29 is 9.59 Å². The highest BCUT2D eigenvalue weighted by molar-refractivity contribution is 14.1. The number of benzene rings is 1. The molecule has 0 aliphatic heterocycles. The van der Waals surface area contributed by atoms with Crippen LogP contribution < -0.4 is 5.32 Å². The van der Waals surface area contributed by atoms with Gasteiger partial charge < -0.3 is 10.2 Å². The molecule has 1 atom stereocenters. The van der Waals surface area contributed by atoms with Crippen molar-refractivity contribution in [2.75, 3.05) is 13.6 Å². The topological polar surface area (TPSA) is 49.4 Å². The van der Waals surface area contributed by atoms with Gasteiger partial charge >= 0.3 is 0 Å². The van der Waals surface area contributed by atoms with Crippen LogP contribution in [0.25, 0.3) is 0 Å². The molecule has 1 aromatic carbocycles. The van der Waals surface area contributed by atoms with E-state index in [0.717, 1.165) is 3.57 Å². The molecule has 0 fully saturated rings. The lowest BCUT2D eigenvalue weighted by molar-refractivity contribution is -0.131. The summed E-state index contributed by atoms with van der Waals surface area (Å²) in [7, 11) is 1.70. The number of hydrogen-bond acceptors (Lipinski definition) is 2. The predicted molar refractivity (Wildman–Crippen MR) is 84.4 cm³/mol. The first-order valence-electron chi connectivity index (χ1n) is 5.87. The Labute approximate surface area is 131 Å². The van der Waals surface area contributed by atoms with E-state index >= 15 is 0 Å². The third kappa shape index (κ3) is 4.35. The molecule has 0 radical (unpaired) electrons. The van der Waals surface area contributed by atoms with Gasteiger partial charge in [-0.05, 0) is 54.6 Å². The second-order valence-corrected chi connectivity index (χ2v) is 5.77. The fourth-order valence-corrected chi connectivity index (χ4v) is 2.25. The molecule has 0 spiro atoms. The Morgan fingerprint density at radius 1 is 1.47 bits per heavy atom. The van der Waals surface area contributed by atoms with Crippen LogP contribution in [0.2, 0.25) is 5.02 Å². The summed E-state index contributed by atoms with van der Waals surface area (Å²) in [6, 6.07) is 4.52. The van der Waals surface area contributed by atoms with Gasteiger partial charge in [0.2, 0.25) is 5.91 Å². The summed E-state index contributed by atoms with van der Waals surface area (Å²) in [5.74, 6) is -0.412. The molecule has 2 amide bonds. The monoisotopic (exact) mass is 394 g/mol. The second-order valence-electron chi connectivity index (χ2n) is 4.17. The van der Waals surface area contributed by atoms with E-state index in [4.69, 9.17) is 11.6 Å². The second kappa shape index (κ2) is 7.09. The van der Waals surface area contributed by atoms with Gasteiger partial charge in [0.15, 0.2) is 0 Å². The summed E-state index contributed by atoms with van der Waals surface area (Å²) in [5.41, 5.74) is 0.479. The van der Waals surface area contributed by atoms with Gasteiger partial charge in [-0.15, -0.1) is 0 Å². The Balaban J connectivity index is 2.80. The summed E-state index contributed by atoms with van der Waals surface area (Å²) in [4.78, 5) is 25.5. The SMILES string of the molecule is CCN(C)C(=O)C(C)NC(=O)c1cc(Cl)ccc1I. The van der Waals surface area contributed by atoms with E-state index in [1.165, 1.54) is 0 Å². The minimum Gasteiger partial charge on any atom is -0.344 e. The van der Waals surface area contributed by atoms with Crippen LogP contribution in [0.5, 0.6) is 0 Å². The smallest absolute Gasteiger partial charge is 0.253 e. The highest BCUT2D eigenvalue weighted by Crippen LogP contribution is 2.18. The zero-order valence-electron chi connectivity index (χ0n) is 11.0. The number of nitrogens with one attached hydrogen (secondary N) is 1. The third-order valence-electron chi connectivity index (χ3n) is 2.74. The molecule has 1 rings (SSSR count). The quantitative estimate of drug-likeness (QED) is 0.798. The minimum absolute atomic E-state index is 0.118. The van der Waals surface area contributed by atoms with Gasteiger partial charge in [0.25, 0.3) is 5.91 Å². The minimum atomic E-state index is -0.563. The molecule has 19 heavy (non-hydrogen) atoms. The van der Waals surface area contributed by atoms with Crippen LogP contribution in [0.1, 0.15) is 24.2 Å². The van der Waals surface area contributed by atoms with Crippen LogP contribution in [-0.4, -0.2) is 36.3 Å². The summed E-state index contributed by atoms with van der Waals surface area (Å²) in [5, 5.41) is 3.18. The molecule has 1 unspecified atom stereocenters. The van der Waals surface area contributed by atoms with Gasteiger partial charge in [-0.3, -0.25) is 9.59 Å². The molecule has 104 valence electrons. The van der Waals surface area contributed by atoms with Crippen molar-refractivity contribution in [1.82, 2.24) is 10.2 Å². The predicted octanol–water partition coefficient (Wildman–Crippen LogP) is 2.54. The molecule has 4 nitrogen and oxygen atoms in total. The maximum atomic E-state index is 12.1. The average molecular weight is 395 g/mol. The molecule has 0 bridgehead atoms. The first-order chi connectivity index (χ1) is 8.86. The molecule has 0 saturated carbocycles. The van der Waals surface area contributed by atoms with Gasteiger partial charge in [-0.25, -0.2) is 0 Å². The van der Waals surface area contributed by atoms with Crippen LogP contribution in [0, 0.1) is 3.57 Å². The highest BCUT2D eigenvalue weighted by atomic mass is 127. The van der Waals surface area contributed by atoms with Crippen molar-refractivity contribution in [1.29, 1.82) is 0 Å². The Hall–Kier alpha value is -0.820. The molecule has 0 aromatic heterocycles. The molecule has 0 aliphatic carbocycles. The summed E-state index contributed by atoms with van der Waals surface area (Å²) < 4.78 is 0.794. The zero-order chi connectivity index (χ0) is 14.6. The molecule has 0 saturated heterocycles. The van der Waals surface area contributed by atoms with Crippen LogP contribution in [0.15, 0.2) is 18.2 Å². The van der Waals surface area contributed by atoms with Gasteiger partial charge in [-0.2, -0.15) is 0 Å². The molecule has 0 heterocycles. The maximum Gasteiger partial charge on any atom is 0.253 e. The Kier molecular flexibility index (Phi) is 6.06. The number of nitrogens with zero attached hydrogens (tertiary/aromatic N) is 1. The molecule has 1 aromatic rings. The van der Waals surface area contributed by atoms with Crippen molar-refractivity contribution in [3.05, 3.63) is 32.4 Å². The van der Waals surface area contributed by atoms with Gasteiger partial charge in [0.1, 0.15) is 6.04 Å².